The van der Waals surface area contributed by atoms with Gasteiger partial charge in [-0.05, 0) is 167 Å². The summed E-state index contributed by atoms with van der Waals surface area (Å²) in [5.74, 6) is -4.03. The fraction of sp³-hybridized carbons (Fsp3) is 0.391. The van der Waals surface area contributed by atoms with Gasteiger partial charge in [-0.15, -0.1) is 24.8 Å². The van der Waals surface area contributed by atoms with Crippen molar-refractivity contribution < 1.29 is 76.9 Å². The SMILES string of the molecule is C=C(C)[C@@H](Cc1ccccc1)[C@H](C)OC(=O)[C@H](C)CC(=O)c1nccc(OC)c1O.C=C(C)[C@@H](Cc1ccccc1)[C@H](C)OC(=O)[C@H](C)N.COc1ccnc(C(=O)C[C@@H](C)C(=O)O[C@@H](C)[C@H](Cc2ccccc2)C(C)(C)Oc2ccc(Cl)cc2Cl)c1O.C[C@H](N)C(=O)O[C@@H](C)[C@H](Cc1ccccc1)C(C)(C)Oc1ccc(Cl)cc1Cl.Cl.Cl. The molecule has 0 unspecified atom stereocenters. The molecule has 6 aromatic carbocycles. The van der Waals surface area contributed by atoms with Gasteiger partial charge in [0.25, 0.3) is 0 Å². The van der Waals surface area contributed by atoms with Gasteiger partial charge in [-0.25, -0.2) is 9.97 Å². The number of Topliss-reactive ketones (excluding diaryl/α,β-unsaturated/α-hetero) is 2. The van der Waals surface area contributed by atoms with E-state index in [-0.39, 0.29) is 108 Å². The number of ketones is 2. The van der Waals surface area contributed by atoms with E-state index in [2.05, 4.69) is 35.3 Å². The van der Waals surface area contributed by atoms with Crippen molar-refractivity contribution in [2.24, 2.45) is 47.0 Å². The van der Waals surface area contributed by atoms with Crippen LogP contribution < -0.4 is 30.4 Å². The smallest absolute Gasteiger partial charge is 0.322 e. The Hall–Kier alpha value is -9.22. The minimum atomic E-state index is -0.817. The number of carbonyl (C=O) groups excluding carboxylic acids is 6. The third-order valence-corrected chi connectivity index (χ3v) is 20.6. The monoisotopic (exact) mass is 1740 g/mol. The molecule has 0 saturated carbocycles. The number of methoxy groups -OCH3 is 2. The molecule has 8 aromatic rings. The number of benzene rings is 6. The summed E-state index contributed by atoms with van der Waals surface area (Å²) in [6, 6.07) is 51.7. The number of nitrogens with two attached hydrogens (primary N) is 2. The predicted octanol–water partition coefficient (Wildman–Crippen LogP) is 20.2. The Labute approximate surface area is 727 Å². The summed E-state index contributed by atoms with van der Waals surface area (Å²) in [5, 5.41) is 22.2. The Morgan fingerprint density at radius 3 is 0.975 bits per heavy atom. The number of halogens is 6. The third-order valence-electron chi connectivity index (χ3n) is 19.5. The molecule has 0 radical (unpaired) electrons. The average molecular weight is 1740 g/mol. The van der Waals surface area contributed by atoms with Gasteiger partial charge in [0, 0.05) is 71.1 Å². The first kappa shape index (κ1) is 103. The molecule has 26 heteroatoms. The number of ether oxygens (including phenoxy) is 8. The van der Waals surface area contributed by atoms with Gasteiger partial charge in [0.2, 0.25) is 0 Å². The summed E-state index contributed by atoms with van der Waals surface area (Å²) in [6.45, 7) is 33.5. The number of nitrogens with zero attached hydrogens (tertiary/aromatic N) is 2. The van der Waals surface area contributed by atoms with Crippen LogP contribution >= 0.6 is 71.2 Å². The summed E-state index contributed by atoms with van der Waals surface area (Å²) in [5.41, 5.74) is 15.8. The largest absolute Gasteiger partial charge is 0.503 e. The highest BCUT2D eigenvalue weighted by molar-refractivity contribution is 6.36. The van der Waals surface area contributed by atoms with E-state index in [1.54, 1.807) is 64.1 Å². The Morgan fingerprint density at radius 1 is 0.415 bits per heavy atom. The molecule has 0 saturated heterocycles. The van der Waals surface area contributed by atoms with Crippen LogP contribution in [0.25, 0.3) is 0 Å². The van der Waals surface area contributed by atoms with Gasteiger partial charge in [-0.1, -0.05) is 206 Å². The Kier molecular flexibility index (Phi) is 43.6. The minimum Gasteiger partial charge on any atom is -0.503 e. The van der Waals surface area contributed by atoms with Gasteiger partial charge in [0.05, 0.1) is 36.1 Å². The van der Waals surface area contributed by atoms with Crippen molar-refractivity contribution in [1.29, 1.82) is 0 Å². The van der Waals surface area contributed by atoms with Crippen molar-refractivity contribution in [3.05, 3.63) is 260 Å². The van der Waals surface area contributed by atoms with E-state index in [0.29, 0.717) is 50.9 Å². The van der Waals surface area contributed by atoms with Gasteiger partial charge < -0.3 is 59.6 Å². The molecule has 8 rings (SSSR count). The summed E-state index contributed by atoms with van der Waals surface area (Å²) >= 11 is 24.7. The highest BCUT2D eigenvalue weighted by atomic mass is 35.5. The lowest BCUT2D eigenvalue weighted by atomic mass is 9.81. The van der Waals surface area contributed by atoms with Gasteiger partial charge in [-0.3, -0.25) is 28.8 Å². The molecule has 0 amide bonds. The van der Waals surface area contributed by atoms with Gasteiger partial charge in [0.15, 0.2) is 46.0 Å². The number of carbonyl (C=O) groups is 6. The Balaban J connectivity index is 0.000000416. The van der Waals surface area contributed by atoms with E-state index >= 15 is 0 Å². The molecule has 0 aliphatic rings. The second-order valence-electron chi connectivity index (χ2n) is 30.1. The molecule has 0 fully saturated rings. The minimum absolute atomic E-state index is 0. The van der Waals surface area contributed by atoms with E-state index in [1.165, 1.54) is 44.3 Å². The maximum atomic E-state index is 13.1. The molecule has 0 bridgehead atoms. The molecule has 118 heavy (non-hydrogen) atoms. The first-order valence-electron chi connectivity index (χ1n) is 38.3. The van der Waals surface area contributed by atoms with Gasteiger partial charge in [-0.2, -0.15) is 0 Å². The Bertz CT molecular complexity index is 4520. The predicted molar refractivity (Wildman–Crippen MR) is 472 cm³/mol. The van der Waals surface area contributed by atoms with Crippen molar-refractivity contribution in [2.75, 3.05) is 14.2 Å². The van der Waals surface area contributed by atoms with E-state index in [1.807, 2.05) is 178 Å². The third kappa shape index (κ3) is 32.8. The van der Waals surface area contributed by atoms with Crippen LogP contribution in [-0.2, 0) is 63.8 Å². The zero-order chi connectivity index (χ0) is 86.3. The number of rotatable bonds is 36. The molecule has 0 spiro atoms. The lowest BCUT2D eigenvalue weighted by Crippen LogP contribution is -2.47. The van der Waals surface area contributed by atoms with E-state index in [9.17, 15) is 39.0 Å². The molecule has 2 aromatic heterocycles. The fourth-order valence-corrected chi connectivity index (χ4v) is 13.7. The second kappa shape index (κ2) is 50.0. The van der Waals surface area contributed by atoms with Crippen molar-refractivity contribution in [3.63, 3.8) is 0 Å². The Morgan fingerprint density at radius 2 is 0.695 bits per heavy atom. The maximum absolute atomic E-state index is 13.1. The van der Waals surface area contributed by atoms with Crippen LogP contribution in [0.4, 0.5) is 0 Å². The lowest BCUT2D eigenvalue weighted by molar-refractivity contribution is -0.159. The fourth-order valence-electron chi connectivity index (χ4n) is 12.8. The van der Waals surface area contributed by atoms with Crippen LogP contribution in [0.1, 0.15) is 153 Å². The van der Waals surface area contributed by atoms with Crippen LogP contribution in [0.5, 0.6) is 34.5 Å². The van der Waals surface area contributed by atoms with Gasteiger partial charge >= 0.3 is 23.9 Å². The number of hydrogen-bond donors (Lipinski definition) is 4. The zero-order valence-electron chi connectivity index (χ0n) is 69.9. The molecular weight excluding hydrogens is 1630 g/mol. The summed E-state index contributed by atoms with van der Waals surface area (Å²) < 4.78 is 45.2. The highest BCUT2D eigenvalue weighted by Crippen LogP contribution is 2.40. The normalized spacial score (nSPS) is 14.0. The summed E-state index contributed by atoms with van der Waals surface area (Å²) in [4.78, 5) is 82.5. The molecule has 2 heterocycles. The standard InChI is InChI=1S/C30H33Cl2NO6.C24H29NO5.C22H27Cl2NO3.C16H23NO2.2ClH/c1-18(15-24(34)27-28(35)26(37-5)13-14-33-27)29(36)38-19(2)22(16-20-9-7-6-8-10-20)30(3,4)39-25-12-11-21(31)17-23(25)32;1-15(2)19(14-18-9-7-6-8-10-18)17(4)30-24(28)16(3)13-20(26)22-23(27)21(29-5)11-12-25-22;1-14(25)21(26)27-15(2)18(12-16-8-6-5-7-9-16)22(3,4)28-20-11-10-17(23)13-19(20)24;1-11(2)15(10-14-8-6-5-7-9-14)13(4)19-16(18)12(3)17;;/h6-14,17-19,22,35H,15-16H2,1-5H3;6-12,16-17,19,27H,1,13-14H2,2-5H3;5-11,13-15,18H,12,25H2,1-4H3;5-9,12-13,15H,1,10,17H2,2-4H3;2*1H/t18-,19+,22+;16-,17+,19-;14-,15-,18-;12-,13-,15+;;/m1100../s1. The topological polar surface area (TPSA) is 295 Å². The van der Waals surface area contributed by atoms with Gasteiger partial charge in [0.1, 0.15) is 59.2 Å². The molecule has 20 nitrogen and oxygen atoms in total. The summed E-state index contributed by atoms with van der Waals surface area (Å²) in [7, 11) is 2.76. The molecule has 0 aliphatic carbocycles. The highest BCUT2D eigenvalue weighted by Gasteiger charge is 2.41. The molecular formula is C92H114Cl6N4O16. The number of hydrogen-bond acceptors (Lipinski definition) is 20. The van der Waals surface area contributed by atoms with E-state index in [0.717, 1.165) is 34.3 Å². The van der Waals surface area contributed by atoms with E-state index < -0.39 is 82.9 Å². The van der Waals surface area contributed by atoms with Crippen molar-refractivity contribution in [1.82, 2.24) is 9.97 Å². The van der Waals surface area contributed by atoms with Crippen LogP contribution in [0, 0.1) is 35.5 Å². The van der Waals surface area contributed by atoms with Crippen molar-refractivity contribution >= 4 is 107 Å². The van der Waals surface area contributed by atoms with Crippen molar-refractivity contribution in [2.45, 2.75) is 183 Å². The number of pyridine rings is 2. The molecule has 12 atom stereocenters. The molecule has 640 valence electrons. The number of aromatic nitrogens is 2. The van der Waals surface area contributed by atoms with Crippen LogP contribution in [0.3, 0.4) is 0 Å². The second-order valence-corrected chi connectivity index (χ2v) is 31.7. The zero-order valence-corrected chi connectivity index (χ0v) is 74.5. The number of aromatic hydroxyl groups is 2. The van der Waals surface area contributed by atoms with E-state index in [4.69, 9.17) is 95.8 Å². The summed E-state index contributed by atoms with van der Waals surface area (Å²) in [6.07, 6.45) is 3.53. The van der Waals surface area contributed by atoms with Crippen LogP contribution in [0.15, 0.2) is 207 Å². The van der Waals surface area contributed by atoms with Crippen molar-refractivity contribution in [3.8, 4) is 34.5 Å². The first-order valence-corrected chi connectivity index (χ1v) is 39.8. The lowest BCUT2D eigenvalue weighted by Gasteiger charge is -2.38. The molecule has 0 aliphatic heterocycles. The van der Waals surface area contributed by atoms with Crippen LogP contribution in [0.2, 0.25) is 20.1 Å². The average Bonchev–Trinajstić information content (AvgIpc) is 0.772. The quantitative estimate of drug-likeness (QED) is 0.0123. The molecule has 6 N–H and O–H groups in total. The maximum Gasteiger partial charge on any atom is 0.322 e. The number of esters is 4. The van der Waals surface area contributed by atoms with Crippen LogP contribution in [-0.4, -0.2) is 118 Å². The first-order chi connectivity index (χ1) is 54.7.